The summed E-state index contributed by atoms with van der Waals surface area (Å²) in [5.41, 5.74) is 1.79. The van der Waals surface area contributed by atoms with Gasteiger partial charge in [0, 0.05) is 51.7 Å². The minimum absolute atomic E-state index is 0.166. The molecule has 0 unspecified atom stereocenters. The van der Waals surface area contributed by atoms with E-state index in [0.717, 1.165) is 5.69 Å². The zero-order valence-electron chi connectivity index (χ0n) is 15.5. The second kappa shape index (κ2) is 6.84. The molecule has 1 aliphatic rings. The minimum Gasteiger partial charge on any atom is -0.335 e. The van der Waals surface area contributed by atoms with Crippen LogP contribution in [-0.2, 0) is 23.6 Å². The van der Waals surface area contributed by atoms with Gasteiger partial charge in [0.2, 0.25) is 10.0 Å². The van der Waals surface area contributed by atoms with Gasteiger partial charge in [-0.2, -0.15) is 14.5 Å². The maximum Gasteiger partial charge on any atom is 0.274 e. The van der Waals surface area contributed by atoms with Crippen molar-refractivity contribution in [3.8, 4) is 0 Å². The van der Waals surface area contributed by atoms with Crippen LogP contribution in [0.1, 0.15) is 28.8 Å². The first-order chi connectivity index (χ1) is 12.2. The van der Waals surface area contributed by atoms with Crippen LogP contribution in [0.5, 0.6) is 0 Å². The zero-order valence-corrected chi connectivity index (χ0v) is 16.3. The minimum atomic E-state index is -3.61. The molecule has 0 radical (unpaired) electrons. The lowest BCUT2D eigenvalue weighted by atomic mass is 10.3. The summed E-state index contributed by atoms with van der Waals surface area (Å²) in [7, 11) is -1.82. The highest BCUT2D eigenvalue weighted by Gasteiger charge is 2.33. The summed E-state index contributed by atoms with van der Waals surface area (Å²) in [6.45, 7) is 7.31. The Labute approximate surface area is 153 Å². The number of hydrogen-bond donors (Lipinski definition) is 0. The molecule has 0 spiro atoms. The van der Waals surface area contributed by atoms with Crippen molar-refractivity contribution in [2.45, 2.75) is 32.2 Å². The Kier molecular flexibility index (Phi) is 4.89. The predicted molar refractivity (Wildman–Crippen MR) is 95.2 cm³/mol. The van der Waals surface area contributed by atoms with Crippen LogP contribution in [0.3, 0.4) is 0 Å². The van der Waals surface area contributed by atoms with Gasteiger partial charge in [-0.05, 0) is 26.8 Å². The summed E-state index contributed by atoms with van der Waals surface area (Å²) in [6, 6.07) is 1.74. The van der Waals surface area contributed by atoms with Crippen LogP contribution in [0, 0.1) is 13.8 Å². The van der Waals surface area contributed by atoms with E-state index in [2.05, 4.69) is 10.2 Å². The second-order valence-corrected chi connectivity index (χ2v) is 8.33. The number of aryl methyl sites for hydroxylation is 4. The first-order valence-corrected chi connectivity index (χ1v) is 10.0. The summed E-state index contributed by atoms with van der Waals surface area (Å²) in [5.74, 6) is -0.166. The van der Waals surface area contributed by atoms with Gasteiger partial charge >= 0.3 is 0 Å². The van der Waals surface area contributed by atoms with Gasteiger partial charge in [-0.1, -0.05) is 0 Å². The molecule has 3 rings (SSSR count). The van der Waals surface area contributed by atoms with Gasteiger partial charge in [0.15, 0.2) is 5.69 Å². The third kappa shape index (κ3) is 3.26. The molecule has 3 heterocycles. The molecule has 9 nitrogen and oxygen atoms in total. The van der Waals surface area contributed by atoms with Gasteiger partial charge in [0.05, 0.1) is 5.69 Å². The summed E-state index contributed by atoms with van der Waals surface area (Å²) in [5, 5.41) is 8.43. The predicted octanol–water partition coefficient (Wildman–Crippen LogP) is 0.400. The number of hydrogen-bond acceptors (Lipinski definition) is 5. The second-order valence-electron chi connectivity index (χ2n) is 6.43. The maximum atomic E-state index is 12.9. The molecule has 1 fully saturated rings. The molecule has 1 amide bonds. The third-order valence-corrected chi connectivity index (χ3v) is 6.70. The van der Waals surface area contributed by atoms with E-state index in [9.17, 15) is 13.2 Å². The summed E-state index contributed by atoms with van der Waals surface area (Å²) < 4.78 is 30.5. The SMILES string of the molecule is CCn1cc(S(=O)(=O)N2CCN(C(=O)c3cc(C)n(C)n3)CC2)c(C)n1. The Balaban J connectivity index is 1.71. The number of carbonyl (C=O) groups excluding carboxylic acids is 1. The average molecular weight is 380 g/mol. The molecule has 0 aromatic carbocycles. The number of nitrogens with zero attached hydrogens (tertiary/aromatic N) is 6. The van der Waals surface area contributed by atoms with Gasteiger partial charge in [-0.3, -0.25) is 14.2 Å². The van der Waals surface area contributed by atoms with Crippen molar-refractivity contribution >= 4 is 15.9 Å². The molecular formula is C16H24N6O3S. The van der Waals surface area contributed by atoms with Crippen LogP contribution >= 0.6 is 0 Å². The molecule has 26 heavy (non-hydrogen) atoms. The van der Waals surface area contributed by atoms with Crippen LogP contribution in [0.4, 0.5) is 0 Å². The quantitative estimate of drug-likeness (QED) is 0.765. The number of amides is 1. The summed E-state index contributed by atoms with van der Waals surface area (Å²) in [6.07, 6.45) is 1.57. The molecule has 0 N–H and O–H groups in total. The monoisotopic (exact) mass is 380 g/mol. The lowest BCUT2D eigenvalue weighted by Crippen LogP contribution is -2.50. The van der Waals surface area contributed by atoms with Crippen molar-refractivity contribution in [2.75, 3.05) is 26.2 Å². The zero-order chi connectivity index (χ0) is 19.1. The van der Waals surface area contributed by atoms with E-state index in [-0.39, 0.29) is 23.9 Å². The highest BCUT2D eigenvalue weighted by atomic mass is 32.2. The number of rotatable bonds is 4. The van der Waals surface area contributed by atoms with E-state index in [0.29, 0.717) is 31.0 Å². The van der Waals surface area contributed by atoms with Crippen molar-refractivity contribution in [3.63, 3.8) is 0 Å². The normalized spacial score (nSPS) is 16.2. The van der Waals surface area contributed by atoms with Crippen LogP contribution < -0.4 is 0 Å². The van der Waals surface area contributed by atoms with Crippen molar-refractivity contribution in [3.05, 3.63) is 29.3 Å². The molecular weight excluding hydrogens is 356 g/mol. The highest BCUT2D eigenvalue weighted by Crippen LogP contribution is 2.21. The van der Waals surface area contributed by atoms with E-state index >= 15 is 0 Å². The maximum absolute atomic E-state index is 12.9. The van der Waals surface area contributed by atoms with Crippen LogP contribution in [0.15, 0.2) is 17.2 Å². The van der Waals surface area contributed by atoms with E-state index < -0.39 is 10.0 Å². The Morgan fingerprint density at radius 3 is 2.31 bits per heavy atom. The molecule has 0 aliphatic carbocycles. The largest absolute Gasteiger partial charge is 0.335 e. The standard InChI is InChI=1S/C16H24N6O3S/c1-5-21-11-15(13(3)17-21)26(24,25)22-8-6-20(7-9-22)16(23)14-10-12(2)19(4)18-14/h10-11H,5-9H2,1-4H3. The van der Waals surface area contributed by atoms with Gasteiger partial charge in [-0.25, -0.2) is 8.42 Å². The molecule has 2 aromatic heterocycles. The molecule has 0 saturated carbocycles. The van der Waals surface area contributed by atoms with Gasteiger partial charge in [0.25, 0.3) is 5.91 Å². The first-order valence-electron chi connectivity index (χ1n) is 8.58. The van der Waals surface area contributed by atoms with E-state index in [1.54, 1.807) is 40.5 Å². The van der Waals surface area contributed by atoms with Crippen molar-refractivity contribution < 1.29 is 13.2 Å². The number of aromatic nitrogens is 4. The van der Waals surface area contributed by atoms with E-state index in [1.807, 2.05) is 13.8 Å². The van der Waals surface area contributed by atoms with Crippen LogP contribution in [0.2, 0.25) is 0 Å². The van der Waals surface area contributed by atoms with Crippen molar-refractivity contribution in [1.82, 2.24) is 28.8 Å². The Hall–Kier alpha value is -2.20. The average Bonchev–Trinajstić information content (AvgIpc) is 3.17. The third-order valence-electron chi connectivity index (χ3n) is 4.70. The fraction of sp³-hybridized carbons (Fsp3) is 0.562. The fourth-order valence-electron chi connectivity index (χ4n) is 3.01. The molecule has 0 atom stereocenters. The Morgan fingerprint density at radius 1 is 1.15 bits per heavy atom. The molecule has 0 bridgehead atoms. The van der Waals surface area contributed by atoms with Gasteiger partial charge in [0.1, 0.15) is 4.90 Å². The number of sulfonamides is 1. The van der Waals surface area contributed by atoms with E-state index in [1.165, 1.54) is 4.31 Å². The van der Waals surface area contributed by atoms with E-state index in [4.69, 9.17) is 0 Å². The van der Waals surface area contributed by atoms with Crippen molar-refractivity contribution in [1.29, 1.82) is 0 Å². The van der Waals surface area contributed by atoms with Gasteiger partial charge in [-0.15, -0.1) is 0 Å². The summed E-state index contributed by atoms with van der Waals surface area (Å²) in [4.78, 5) is 14.4. The summed E-state index contributed by atoms with van der Waals surface area (Å²) >= 11 is 0. The highest BCUT2D eigenvalue weighted by molar-refractivity contribution is 7.89. The fourth-order valence-corrected chi connectivity index (χ4v) is 4.60. The molecule has 2 aromatic rings. The lowest BCUT2D eigenvalue weighted by molar-refractivity contribution is 0.0691. The molecule has 10 heteroatoms. The molecule has 1 aliphatic heterocycles. The lowest BCUT2D eigenvalue weighted by Gasteiger charge is -2.33. The number of carbonyl (C=O) groups is 1. The smallest absolute Gasteiger partial charge is 0.274 e. The van der Waals surface area contributed by atoms with Crippen LogP contribution in [-0.4, -0.2) is 69.3 Å². The Bertz CT molecular complexity index is 902. The molecule has 1 saturated heterocycles. The number of piperazine rings is 1. The first kappa shape index (κ1) is 18.6. The molecule has 142 valence electrons. The van der Waals surface area contributed by atoms with Crippen LogP contribution in [0.25, 0.3) is 0 Å². The Morgan fingerprint density at radius 2 is 1.81 bits per heavy atom. The van der Waals surface area contributed by atoms with Crippen molar-refractivity contribution in [2.24, 2.45) is 7.05 Å². The topological polar surface area (TPSA) is 93.3 Å². The van der Waals surface area contributed by atoms with Gasteiger partial charge < -0.3 is 4.90 Å².